The van der Waals surface area contributed by atoms with Crippen molar-refractivity contribution >= 4 is 20.9 Å². The minimum atomic E-state index is -1.12. The summed E-state index contributed by atoms with van der Waals surface area (Å²) in [6, 6.07) is 12.0. The quantitative estimate of drug-likeness (QED) is 0.179. The van der Waals surface area contributed by atoms with E-state index in [1.807, 2.05) is 13.0 Å². The van der Waals surface area contributed by atoms with Crippen LogP contribution in [0.2, 0.25) is 0 Å². The predicted octanol–water partition coefficient (Wildman–Crippen LogP) is 4.50. The zero-order valence-electron chi connectivity index (χ0n) is 17.6. The lowest BCUT2D eigenvalue weighted by Gasteiger charge is -2.19. The highest BCUT2D eigenvalue weighted by Crippen LogP contribution is 2.37. The molecule has 0 spiro atoms. The number of ether oxygens (including phenoxy) is 4. The Labute approximate surface area is 178 Å². The van der Waals surface area contributed by atoms with E-state index in [9.17, 15) is 9.59 Å². The minimum Gasteiger partial charge on any atom is -0.496 e. The highest BCUT2D eigenvalue weighted by atomic mass is 31.0. The van der Waals surface area contributed by atoms with Crippen molar-refractivity contribution in [2.75, 3.05) is 27.9 Å². The summed E-state index contributed by atoms with van der Waals surface area (Å²) in [5, 5.41) is 0. The zero-order chi connectivity index (χ0) is 22.5. The molecular formula is C22H27O7P. The molecule has 8 heteroatoms. The van der Waals surface area contributed by atoms with Crippen molar-refractivity contribution in [1.29, 1.82) is 0 Å². The van der Waals surface area contributed by atoms with Gasteiger partial charge in [0.1, 0.15) is 37.8 Å². The molecule has 0 radical (unpaired) electrons. The van der Waals surface area contributed by atoms with Crippen LogP contribution in [0.15, 0.2) is 42.5 Å². The molecule has 1 unspecified atom stereocenters. The first-order valence-corrected chi connectivity index (χ1v) is 9.74. The summed E-state index contributed by atoms with van der Waals surface area (Å²) >= 11 is 0. The topological polar surface area (TPSA) is 88.1 Å². The summed E-state index contributed by atoms with van der Waals surface area (Å²) in [6.07, 6.45) is 1.62. The lowest BCUT2D eigenvalue weighted by atomic mass is 9.89. The van der Waals surface area contributed by atoms with Crippen LogP contribution in [-0.2, 0) is 14.1 Å². The maximum absolute atomic E-state index is 13.5. The Hall–Kier alpha value is -2.92. The summed E-state index contributed by atoms with van der Waals surface area (Å²) in [5.74, 6) is -1.15. The van der Waals surface area contributed by atoms with Crippen molar-refractivity contribution < 1.29 is 33.1 Å². The highest BCUT2D eigenvalue weighted by Gasteiger charge is 2.35. The number of ketones is 1. The van der Waals surface area contributed by atoms with Crippen LogP contribution in [0.25, 0.3) is 0 Å². The third kappa shape index (κ3) is 6.29. The number of hydrogen-bond acceptors (Lipinski definition) is 7. The van der Waals surface area contributed by atoms with E-state index in [2.05, 4.69) is 0 Å². The van der Waals surface area contributed by atoms with Gasteiger partial charge in [0.2, 0.25) is 0 Å². The number of hydrogen-bond donors (Lipinski definition) is 0. The molecule has 0 fully saturated rings. The van der Waals surface area contributed by atoms with Gasteiger partial charge >= 0.3 is 5.97 Å². The van der Waals surface area contributed by atoms with Crippen molar-refractivity contribution in [2.45, 2.75) is 25.7 Å². The van der Waals surface area contributed by atoms with E-state index in [1.165, 1.54) is 21.3 Å². The second kappa shape index (κ2) is 13.3. The van der Waals surface area contributed by atoms with Gasteiger partial charge in [-0.25, -0.2) is 0 Å². The van der Waals surface area contributed by atoms with Gasteiger partial charge < -0.3 is 18.9 Å². The van der Waals surface area contributed by atoms with E-state index in [1.54, 1.807) is 45.5 Å². The van der Waals surface area contributed by atoms with E-state index in [-0.39, 0.29) is 23.7 Å². The predicted molar refractivity (Wildman–Crippen MR) is 114 cm³/mol. The van der Waals surface area contributed by atoms with E-state index in [0.717, 1.165) is 12.8 Å². The molecule has 162 valence electrons. The smallest absolute Gasteiger partial charge is 0.321 e. The lowest BCUT2D eigenvalue weighted by Crippen LogP contribution is -2.25. The fraction of sp³-hybridized carbons (Fsp3) is 0.364. The summed E-state index contributed by atoms with van der Waals surface area (Å²) in [5.41, 5.74) is 0.723. The lowest BCUT2D eigenvalue weighted by molar-refractivity contribution is -0.144. The van der Waals surface area contributed by atoms with Gasteiger partial charge in [0.25, 0.3) is 0 Å². The third-order valence-corrected chi connectivity index (χ3v) is 4.33. The van der Waals surface area contributed by atoms with Gasteiger partial charge in [-0.15, -0.1) is 0 Å². The van der Waals surface area contributed by atoms with Gasteiger partial charge in [-0.3, -0.25) is 14.2 Å². The van der Waals surface area contributed by atoms with Crippen molar-refractivity contribution in [3.63, 3.8) is 0 Å². The van der Waals surface area contributed by atoms with Gasteiger partial charge in [0, 0.05) is 12.1 Å². The molecule has 0 bridgehead atoms. The molecule has 0 amide bonds. The first kappa shape index (κ1) is 25.1. The number of carbonyl (C=O) groups excluding carboxylic acids is 2. The number of esters is 1. The van der Waals surface area contributed by atoms with Crippen molar-refractivity contribution in [3.8, 4) is 17.2 Å². The summed E-state index contributed by atoms with van der Waals surface area (Å²) in [4.78, 5) is 26.3. The summed E-state index contributed by atoms with van der Waals surface area (Å²) in [6.45, 7) is 2.27. The van der Waals surface area contributed by atoms with Crippen LogP contribution in [0.1, 0.15) is 41.6 Å². The molecule has 2 rings (SSSR count). The number of benzene rings is 2. The summed E-state index contributed by atoms with van der Waals surface area (Å²) in [7, 11) is 6.12. The first-order valence-electron chi connectivity index (χ1n) is 9.33. The van der Waals surface area contributed by atoms with Crippen LogP contribution < -0.4 is 14.2 Å². The Kier molecular flexibility index (Phi) is 11.2. The third-order valence-electron chi connectivity index (χ3n) is 4.33. The second-order valence-electron chi connectivity index (χ2n) is 6.14. The molecule has 1 atom stereocenters. The molecule has 0 N–H and O–H groups in total. The molecular weight excluding hydrogens is 407 g/mol. The van der Waals surface area contributed by atoms with Crippen LogP contribution >= 0.6 is 9.12 Å². The van der Waals surface area contributed by atoms with E-state index >= 15 is 0 Å². The van der Waals surface area contributed by atoms with Crippen molar-refractivity contribution in [3.05, 3.63) is 53.6 Å². The number of rotatable bonds is 10. The maximum atomic E-state index is 13.5. The number of methoxy groups -OCH3 is 3. The molecule has 0 saturated heterocycles. The second-order valence-corrected chi connectivity index (χ2v) is 6.14. The van der Waals surface area contributed by atoms with Crippen LogP contribution in [-0.4, -0.2) is 39.7 Å². The average molecular weight is 434 g/mol. The van der Waals surface area contributed by atoms with E-state index in [0.29, 0.717) is 11.3 Å². The molecule has 30 heavy (non-hydrogen) atoms. The molecule has 2 aromatic carbocycles. The first-order chi connectivity index (χ1) is 14.6. The van der Waals surface area contributed by atoms with Gasteiger partial charge in [-0.05, 0) is 12.0 Å². The fourth-order valence-corrected chi connectivity index (χ4v) is 2.83. The number of unbranched alkanes of at least 4 members (excludes halogenated alkanes) is 1. The van der Waals surface area contributed by atoms with Crippen LogP contribution in [0, 0.1) is 0 Å². The van der Waals surface area contributed by atoms with Gasteiger partial charge in [-0.2, -0.15) is 0 Å². The standard InChI is InChI=1S/C22H26O6.HOP/c1-5-6-12-28-22(24)19(15-10-8-7-9-11-15)21(23)20-17(26-3)13-16(25-2)14-18(20)27-4;1-2/h7-11,13-14,19H,5-6,12H2,1-4H3;2H. The van der Waals surface area contributed by atoms with Crippen LogP contribution in [0.5, 0.6) is 17.2 Å². The largest absolute Gasteiger partial charge is 0.496 e. The van der Waals surface area contributed by atoms with Gasteiger partial charge in [-0.1, -0.05) is 43.7 Å². The molecule has 2 aromatic rings. The fourth-order valence-electron chi connectivity index (χ4n) is 2.83. The summed E-state index contributed by atoms with van der Waals surface area (Å²) < 4.78 is 29.4. The van der Waals surface area contributed by atoms with Crippen molar-refractivity contribution in [2.24, 2.45) is 0 Å². The Balaban J connectivity index is 0.00000218. The molecule has 7 nitrogen and oxygen atoms in total. The van der Waals surface area contributed by atoms with Crippen LogP contribution in [0.3, 0.4) is 0 Å². The van der Waals surface area contributed by atoms with E-state index in [4.69, 9.17) is 23.5 Å². The molecule has 0 saturated carbocycles. The maximum Gasteiger partial charge on any atom is 0.321 e. The van der Waals surface area contributed by atoms with Crippen molar-refractivity contribution in [1.82, 2.24) is 0 Å². The minimum absolute atomic E-state index is 0.173. The molecule has 0 aromatic heterocycles. The molecule has 0 aliphatic rings. The SMILES string of the molecule is CCCCOC(=O)C(C(=O)c1c(OC)cc(OC)cc1OC)c1ccccc1.O=P. The molecule has 0 aliphatic heterocycles. The zero-order valence-corrected chi connectivity index (χ0v) is 18.6. The Morgan fingerprint density at radius 1 is 0.933 bits per heavy atom. The number of carbonyl (C=O) groups is 2. The Morgan fingerprint density at radius 3 is 1.97 bits per heavy atom. The monoisotopic (exact) mass is 434 g/mol. The molecule has 0 heterocycles. The highest BCUT2D eigenvalue weighted by molar-refractivity contribution is 7.00. The van der Waals surface area contributed by atoms with Gasteiger partial charge in [0.15, 0.2) is 5.78 Å². The number of Topliss-reactive ketones (excluding diaryl/α,β-unsaturated/α-hetero) is 1. The average Bonchev–Trinajstić information content (AvgIpc) is 2.80. The van der Waals surface area contributed by atoms with E-state index < -0.39 is 17.7 Å². The Morgan fingerprint density at radius 2 is 1.50 bits per heavy atom. The molecule has 0 aliphatic carbocycles. The normalized spacial score (nSPS) is 10.8. The van der Waals surface area contributed by atoms with Gasteiger partial charge in [0.05, 0.1) is 27.9 Å². The Bertz CT molecular complexity index is 798. The van der Waals surface area contributed by atoms with Crippen LogP contribution in [0.4, 0.5) is 0 Å².